The standard InChI is InChI=1S/C23H26F2/c1-2-3-15-4-5-17-13-18(7-6-16(17)12-15)19-8-10-21-20(14-19)9-11-22(24)23(21)25/h8-11,13-17H,2-7,12H2,1H3. The molecule has 2 aliphatic rings. The van der Waals surface area contributed by atoms with Gasteiger partial charge >= 0.3 is 0 Å². The molecule has 1 fully saturated rings. The van der Waals surface area contributed by atoms with Crippen LogP contribution in [0.2, 0.25) is 0 Å². The molecule has 0 spiro atoms. The predicted molar refractivity (Wildman–Crippen MR) is 100 cm³/mol. The second-order valence-electron chi connectivity index (χ2n) is 7.92. The number of hydrogen-bond donors (Lipinski definition) is 0. The van der Waals surface area contributed by atoms with Crippen molar-refractivity contribution in [1.29, 1.82) is 0 Å². The molecule has 0 bridgehead atoms. The molecule has 4 rings (SSSR count). The van der Waals surface area contributed by atoms with Gasteiger partial charge in [0.05, 0.1) is 0 Å². The fourth-order valence-electron chi connectivity index (χ4n) is 4.99. The molecule has 0 aromatic heterocycles. The van der Waals surface area contributed by atoms with Crippen molar-refractivity contribution in [2.24, 2.45) is 17.8 Å². The van der Waals surface area contributed by atoms with E-state index in [0.29, 0.717) is 11.3 Å². The highest BCUT2D eigenvalue weighted by Gasteiger charge is 2.31. The van der Waals surface area contributed by atoms with E-state index in [1.54, 1.807) is 12.1 Å². The molecule has 25 heavy (non-hydrogen) atoms. The first-order valence-corrected chi connectivity index (χ1v) is 9.74. The highest BCUT2D eigenvalue weighted by Crippen LogP contribution is 2.45. The predicted octanol–water partition coefficient (Wildman–Crippen LogP) is 7.13. The van der Waals surface area contributed by atoms with Crippen LogP contribution in [0, 0.1) is 29.4 Å². The fraction of sp³-hybridized carbons (Fsp3) is 0.478. The Bertz CT molecular complexity index is 805. The molecule has 2 aliphatic carbocycles. The third kappa shape index (κ3) is 3.23. The molecular formula is C23H26F2. The van der Waals surface area contributed by atoms with Gasteiger partial charge in [0.2, 0.25) is 0 Å². The monoisotopic (exact) mass is 340 g/mol. The van der Waals surface area contributed by atoms with Crippen molar-refractivity contribution in [2.45, 2.75) is 51.9 Å². The van der Waals surface area contributed by atoms with Crippen LogP contribution < -0.4 is 0 Å². The topological polar surface area (TPSA) is 0 Å². The molecule has 0 nitrogen and oxygen atoms in total. The average Bonchev–Trinajstić information content (AvgIpc) is 2.64. The lowest BCUT2D eigenvalue weighted by Gasteiger charge is -2.38. The van der Waals surface area contributed by atoms with Crippen LogP contribution >= 0.6 is 0 Å². The van der Waals surface area contributed by atoms with Gasteiger partial charge in [0.1, 0.15) is 0 Å². The van der Waals surface area contributed by atoms with E-state index < -0.39 is 11.6 Å². The normalized spacial score (nSPS) is 26.4. The zero-order valence-corrected chi connectivity index (χ0v) is 14.9. The maximum Gasteiger partial charge on any atom is 0.166 e. The maximum atomic E-state index is 13.9. The number of fused-ring (bicyclic) bond motifs is 2. The van der Waals surface area contributed by atoms with Gasteiger partial charge in [-0.1, -0.05) is 44.0 Å². The summed E-state index contributed by atoms with van der Waals surface area (Å²) in [5, 5.41) is 1.16. The Morgan fingerprint density at radius 3 is 2.76 bits per heavy atom. The van der Waals surface area contributed by atoms with E-state index in [-0.39, 0.29) is 0 Å². The number of allylic oxidation sites excluding steroid dienone is 2. The summed E-state index contributed by atoms with van der Waals surface area (Å²) in [5.74, 6) is 0.970. The van der Waals surface area contributed by atoms with Gasteiger partial charge in [-0.25, -0.2) is 8.78 Å². The number of rotatable bonds is 3. The van der Waals surface area contributed by atoms with Crippen LogP contribution in [0.4, 0.5) is 8.78 Å². The zero-order valence-electron chi connectivity index (χ0n) is 14.9. The summed E-state index contributed by atoms with van der Waals surface area (Å²) in [6.07, 6.45) is 11.6. The average molecular weight is 340 g/mol. The fourth-order valence-corrected chi connectivity index (χ4v) is 4.99. The highest BCUT2D eigenvalue weighted by atomic mass is 19.2. The van der Waals surface area contributed by atoms with Crippen molar-refractivity contribution < 1.29 is 8.78 Å². The Labute approximate surface area is 148 Å². The van der Waals surface area contributed by atoms with Gasteiger partial charge in [-0.3, -0.25) is 0 Å². The quantitative estimate of drug-likeness (QED) is 0.557. The molecule has 0 N–H and O–H groups in total. The molecule has 3 unspecified atom stereocenters. The molecule has 2 aromatic rings. The van der Waals surface area contributed by atoms with Gasteiger partial charge in [-0.15, -0.1) is 0 Å². The van der Waals surface area contributed by atoms with Crippen LogP contribution in [0.5, 0.6) is 0 Å². The third-order valence-corrected chi connectivity index (χ3v) is 6.32. The van der Waals surface area contributed by atoms with Gasteiger partial charge < -0.3 is 0 Å². The Morgan fingerprint density at radius 2 is 1.92 bits per heavy atom. The van der Waals surface area contributed by atoms with E-state index in [4.69, 9.17) is 0 Å². The summed E-state index contributed by atoms with van der Waals surface area (Å²) < 4.78 is 27.3. The molecule has 2 heteroatoms. The van der Waals surface area contributed by atoms with Gasteiger partial charge in [0.15, 0.2) is 11.6 Å². The molecule has 0 amide bonds. The van der Waals surface area contributed by atoms with Crippen LogP contribution in [0.15, 0.2) is 36.4 Å². The van der Waals surface area contributed by atoms with E-state index in [9.17, 15) is 8.78 Å². The number of hydrogen-bond acceptors (Lipinski definition) is 0. The molecule has 3 atom stereocenters. The van der Waals surface area contributed by atoms with Crippen molar-refractivity contribution in [3.63, 3.8) is 0 Å². The van der Waals surface area contributed by atoms with E-state index >= 15 is 0 Å². The lowest BCUT2D eigenvalue weighted by Crippen LogP contribution is -2.26. The first-order valence-electron chi connectivity index (χ1n) is 9.74. The first-order chi connectivity index (χ1) is 12.2. The van der Waals surface area contributed by atoms with E-state index in [0.717, 1.165) is 23.6 Å². The largest absolute Gasteiger partial charge is 0.204 e. The summed E-state index contributed by atoms with van der Waals surface area (Å²) in [6, 6.07) is 8.61. The minimum Gasteiger partial charge on any atom is -0.204 e. The molecular weight excluding hydrogens is 314 g/mol. The Morgan fingerprint density at radius 1 is 1.04 bits per heavy atom. The van der Waals surface area contributed by atoms with Gasteiger partial charge in [-0.05, 0) is 78.5 Å². The summed E-state index contributed by atoms with van der Waals surface area (Å²) in [4.78, 5) is 0. The SMILES string of the molecule is CCCC1CCC2C=C(c3ccc4c(F)c(F)ccc4c3)CCC2C1. The molecule has 0 heterocycles. The zero-order chi connectivity index (χ0) is 17.4. The van der Waals surface area contributed by atoms with Crippen LogP contribution in [-0.2, 0) is 0 Å². The van der Waals surface area contributed by atoms with Crippen molar-refractivity contribution in [2.75, 3.05) is 0 Å². The van der Waals surface area contributed by atoms with E-state index in [1.165, 1.54) is 55.7 Å². The van der Waals surface area contributed by atoms with E-state index in [2.05, 4.69) is 13.0 Å². The number of benzene rings is 2. The molecule has 0 radical (unpaired) electrons. The molecule has 0 saturated heterocycles. The summed E-state index contributed by atoms with van der Waals surface area (Å²) in [5.41, 5.74) is 2.56. The summed E-state index contributed by atoms with van der Waals surface area (Å²) in [7, 11) is 0. The minimum absolute atomic E-state index is 0.373. The highest BCUT2D eigenvalue weighted by molar-refractivity contribution is 5.87. The second-order valence-corrected chi connectivity index (χ2v) is 7.92. The van der Waals surface area contributed by atoms with Crippen LogP contribution in [0.1, 0.15) is 57.4 Å². The lowest BCUT2D eigenvalue weighted by molar-refractivity contribution is 0.190. The Hall–Kier alpha value is -1.70. The lowest BCUT2D eigenvalue weighted by atomic mass is 9.67. The smallest absolute Gasteiger partial charge is 0.166 e. The minimum atomic E-state index is -0.774. The summed E-state index contributed by atoms with van der Waals surface area (Å²) in [6.45, 7) is 2.29. The molecule has 0 aliphatic heterocycles. The van der Waals surface area contributed by atoms with Crippen LogP contribution in [0.25, 0.3) is 16.3 Å². The van der Waals surface area contributed by atoms with Crippen LogP contribution in [0.3, 0.4) is 0 Å². The molecule has 1 saturated carbocycles. The third-order valence-electron chi connectivity index (χ3n) is 6.32. The maximum absolute atomic E-state index is 13.9. The summed E-state index contributed by atoms with van der Waals surface area (Å²) >= 11 is 0. The van der Waals surface area contributed by atoms with Gasteiger partial charge in [-0.2, -0.15) is 0 Å². The first kappa shape index (κ1) is 16.8. The van der Waals surface area contributed by atoms with Crippen molar-refractivity contribution >= 4 is 16.3 Å². The van der Waals surface area contributed by atoms with Gasteiger partial charge in [0, 0.05) is 5.39 Å². The Kier molecular flexibility index (Phi) is 4.62. The second kappa shape index (κ2) is 6.90. The Balaban J connectivity index is 1.59. The molecule has 132 valence electrons. The number of halogens is 2. The van der Waals surface area contributed by atoms with Crippen molar-refractivity contribution in [3.8, 4) is 0 Å². The van der Waals surface area contributed by atoms with Gasteiger partial charge in [0.25, 0.3) is 0 Å². The van der Waals surface area contributed by atoms with E-state index in [1.807, 2.05) is 12.1 Å². The van der Waals surface area contributed by atoms with Crippen LogP contribution in [-0.4, -0.2) is 0 Å². The van der Waals surface area contributed by atoms with Crippen molar-refractivity contribution in [1.82, 2.24) is 0 Å². The molecule has 2 aromatic carbocycles. The van der Waals surface area contributed by atoms with Crippen molar-refractivity contribution in [3.05, 3.63) is 53.6 Å².